The molecule has 0 fully saturated rings. The van der Waals surface area contributed by atoms with Crippen molar-refractivity contribution in [2.75, 3.05) is 19.7 Å². The van der Waals surface area contributed by atoms with Crippen molar-refractivity contribution in [3.8, 4) is 0 Å². The lowest BCUT2D eigenvalue weighted by molar-refractivity contribution is -0.143. The number of imidazole rings is 1. The van der Waals surface area contributed by atoms with Gasteiger partial charge in [-0.15, -0.1) is 0 Å². The van der Waals surface area contributed by atoms with E-state index >= 15 is 0 Å². The molecule has 2 aromatic rings. The van der Waals surface area contributed by atoms with Crippen LogP contribution in [0.2, 0.25) is 0 Å². The van der Waals surface area contributed by atoms with Gasteiger partial charge in [-0.2, -0.15) is 0 Å². The molecular formula is C18H23N3O4. The van der Waals surface area contributed by atoms with Gasteiger partial charge in [0.15, 0.2) is 0 Å². The monoisotopic (exact) mass is 345 g/mol. The zero-order valence-corrected chi connectivity index (χ0v) is 14.3. The summed E-state index contributed by atoms with van der Waals surface area (Å²) in [5, 5.41) is 0. The summed E-state index contributed by atoms with van der Waals surface area (Å²) in [7, 11) is 0. The summed E-state index contributed by atoms with van der Waals surface area (Å²) in [4.78, 5) is 29.6. The molecule has 134 valence electrons. The Hall–Kier alpha value is -2.83. The van der Waals surface area contributed by atoms with Crippen LogP contribution in [0, 0.1) is 0 Å². The van der Waals surface area contributed by atoms with E-state index in [1.54, 1.807) is 48.8 Å². The number of amides is 1. The third-order valence-electron chi connectivity index (χ3n) is 3.54. The molecule has 7 nitrogen and oxygen atoms in total. The van der Waals surface area contributed by atoms with Gasteiger partial charge in [0, 0.05) is 38.1 Å². The zero-order chi connectivity index (χ0) is 17.9. The summed E-state index contributed by atoms with van der Waals surface area (Å²) in [6.45, 7) is 3.72. The average molecular weight is 345 g/mol. The molecule has 0 aromatic carbocycles. The molecule has 2 aromatic heterocycles. The lowest BCUT2D eigenvalue weighted by Crippen LogP contribution is -2.33. The van der Waals surface area contributed by atoms with Gasteiger partial charge in [0.1, 0.15) is 5.76 Å². The molecule has 0 atom stereocenters. The fourth-order valence-corrected chi connectivity index (χ4v) is 2.30. The number of aryl methyl sites for hydroxylation is 1. The fourth-order valence-electron chi connectivity index (χ4n) is 2.30. The van der Waals surface area contributed by atoms with Gasteiger partial charge in [-0.3, -0.25) is 9.59 Å². The predicted molar refractivity (Wildman–Crippen MR) is 92.4 cm³/mol. The number of rotatable bonds is 10. The molecule has 0 aliphatic carbocycles. The summed E-state index contributed by atoms with van der Waals surface area (Å²) in [6.07, 6.45) is 10.9. The molecule has 0 saturated heterocycles. The van der Waals surface area contributed by atoms with Crippen LogP contribution < -0.4 is 0 Å². The van der Waals surface area contributed by atoms with Crippen molar-refractivity contribution in [1.29, 1.82) is 0 Å². The third-order valence-corrected chi connectivity index (χ3v) is 3.54. The summed E-state index contributed by atoms with van der Waals surface area (Å²) < 4.78 is 12.1. The van der Waals surface area contributed by atoms with Crippen molar-refractivity contribution in [2.45, 2.75) is 26.3 Å². The highest BCUT2D eigenvalue weighted by Gasteiger charge is 2.13. The van der Waals surface area contributed by atoms with Crippen LogP contribution in [0.15, 0.2) is 47.6 Å². The first-order valence-corrected chi connectivity index (χ1v) is 8.31. The van der Waals surface area contributed by atoms with E-state index in [2.05, 4.69) is 4.98 Å². The van der Waals surface area contributed by atoms with E-state index in [0.29, 0.717) is 25.5 Å². The number of ether oxygens (including phenoxy) is 1. The van der Waals surface area contributed by atoms with Crippen LogP contribution in [-0.2, 0) is 20.9 Å². The Balaban J connectivity index is 1.89. The maximum atomic E-state index is 12.4. The third kappa shape index (κ3) is 6.66. The fraction of sp³-hybridized carbons (Fsp3) is 0.389. The van der Waals surface area contributed by atoms with Crippen molar-refractivity contribution >= 4 is 18.0 Å². The molecule has 0 radical (unpaired) electrons. The van der Waals surface area contributed by atoms with E-state index in [-0.39, 0.29) is 18.3 Å². The molecule has 0 bridgehead atoms. The Bertz CT molecular complexity index is 663. The zero-order valence-electron chi connectivity index (χ0n) is 14.3. The number of esters is 1. The van der Waals surface area contributed by atoms with Gasteiger partial charge in [-0.1, -0.05) is 0 Å². The van der Waals surface area contributed by atoms with E-state index in [0.717, 1.165) is 13.0 Å². The maximum absolute atomic E-state index is 12.4. The molecule has 25 heavy (non-hydrogen) atoms. The number of carbonyl (C=O) groups excluding carboxylic acids is 2. The normalized spacial score (nSPS) is 10.9. The summed E-state index contributed by atoms with van der Waals surface area (Å²) in [5.41, 5.74) is 0. The largest absolute Gasteiger partial charge is 0.466 e. The molecule has 2 rings (SSSR count). The first kappa shape index (κ1) is 18.5. The summed E-state index contributed by atoms with van der Waals surface area (Å²) >= 11 is 0. The molecule has 0 spiro atoms. The van der Waals surface area contributed by atoms with Crippen molar-refractivity contribution in [1.82, 2.24) is 14.5 Å². The minimum Gasteiger partial charge on any atom is -0.466 e. The molecule has 0 unspecified atom stereocenters. The number of hydrogen-bond donors (Lipinski definition) is 0. The Morgan fingerprint density at radius 3 is 2.96 bits per heavy atom. The highest BCUT2D eigenvalue weighted by Crippen LogP contribution is 2.05. The highest BCUT2D eigenvalue weighted by molar-refractivity contribution is 5.91. The van der Waals surface area contributed by atoms with Gasteiger partial charge >= 0.3 is 5.97 Å². The Kier molecular flexibility index (Phi) is 7.49. The Morgan fingerprint density at radius 1 is 1.40 bits per heavy atom. The molecule has 0 aliphatic heterocycles. The quantitative estimate of drug-likeness (QED) is 0.488. The molecule has 0 saturated carbocycles. The molecule has 2 heterocycles. The first-order chi connectivity index (χ1) is 12.2. The van der Waals surface area contributed by atoms with Gasteiger partial charge < -0.3 is 18.6 Å². The van der Waals surface area contributed by atoms with Crippen LogP contribution >= 0.6 is 0 Å². The predicted octanol–water partition coefficient (Wildman–Crippen LogP) is 2.36. The maximum Gasteiger partial charge on any atom is 0.307 e. The second-order valence-corrected chi connectivity index (χ2v) is 5.38. The SMILES string of the molecule is CCOC(=O)CCN(CCCn1ccnc1)C(=O)/C=C/c1ccco1. The topological polar surface area (TPSA) is 77.6 Å². The van der Waals surface area contributed by atoms with Gasteiger partial charge in [0.2, 0.25) is 5.91 Å². The molecule has 7 heteroatoms. The van der Waals surface area contributed by atoms with Crippen LogP contribution in [-0.4, -0.2) is 46.0 Å². The first-order valence-electron chi connectivity index (χ1n) is 8.31. The van der Waals surface area contributed by atoms with Gasteiger partial charge in [-0.25, -0.2) is 4.98 Å². The number of furan rings is 1. The van der Waals surface area contributed by atoms with Crippen molar-refractivity contribution in [3.63, 3.8) is 0 Å². The molecule has 0 aliphatic rings. The number of nitrogens with zero attached hydrogens (tertiary/aromatic N) is 3. The summed E-state index contributed by atoms with van der Waals surface area (Å²) in [6, 6.07) is 3.53. The smallest absolute Gasteiger partial charge is 0.307 e. The van der Waals surface area contributed by atoms with Crippen LogP contribution in [0.4, 0.5) is 0 Å². The van der Waals surface area contributed by atoms with Crippen LogP contribution in [0.25, 0.3) is 6.08 Å². The second-order valence-electron chi connectivity index (χ2n) is 5.38. The van der Waals surface area contributed by atoms with E-state index in [4.69, 9.17) is 9.15 Å². The van der Waals surface area contributed by atoms with Gasteiger partial charge in [0.05, 0.1) is 25.6 Å². The lowest BCUT2D eigenvalue weighted by Gasteiger charge is -2.21. The highest BCUT2D eigenvalue weighted by atomic mass is 16.5. The minimum atomic E-state index is -0.301. The van der Waals surface area contributed by atoms with E-state index in [1.165, 1.54) is 6.08 Å². The average Bonchev–Trinajstić information content (AvgIpc) is 3.29. The van der Waals surface area contributed by atoms with E-state index in [1.807, 2.05) is 10.8 Å². The van der Waals surface area contributed by atoms with E-state index < -0.39 is 0 Å². The van der Waals surface area contributed by atoms with Crippen LogP contribution in [0.5, 0.6) is 0 Å². The number of aromatic nitrogens is 2. The Labute approximate surface area is 146 Å². The van der Waals surface area contributed by atoms with Gasteiger partial charge in [-0.05, 0) is 31.6 Å². The second kappa shape index (κ2) is 10.1. The van der Waals surface area contributed by atoms with E-state index in [9.17, 15) is 9.59 Å². The number of hydrogen-bond acceptors (Lipinski definition) is 5. The van der Waals surface area contributed by atoms with Crippen molar-refractivity contribution in [2.24, 2.45) is 0 Å². The van der Waals surface area contributed by atoms with Crippen molar-refractivity contribution in [3.05, 3.63) is 49.0 Å². The molecular weight excluding hydrogens is 322 g/mol. The standard InChI is InChI=1S/C18H23N3O4/c1-2-24-18(23)8-12-21(11-4-10-20-13-9-19-15-20)17(22)7-6-16-5-3-14-25-16/h3,5-7,9,13-15H,2,4,8,10-12H2,1H3/b7-6+. The molecule has 1 amide bonds. The summed E-state index contributed by atoms with van der Waals surface area (Å²) in [5.74, 6) is 0.147. The van der Waals surface area contributed by atoms with Gasteiger partial charge in [0.25, 0.3) is 0 Å². The van der Waals surface area contributed by atoms with Crippen LogP contribution in [0.3, 0.4) is 0 Å². The van der Waals surface area contributed by atoms with Crippen molar-refractivity contribution < 1.29 is 18.7 Å². The minimum absolute atomic E-state index is 0.161. The Morgan fingerprint density at radius 2 is 2.28 bits per heavy atom. The lowest BCUT2D eigenvalue weighted by atomic mass is 10.3. The molecule has 0 N–H and O–H groups in total. The number of carbonyl (C=O) groups is 2. The van der Waals surface area contributed by atoms with Crippen LogP contribution in [0.1, 0.15) is 25.5 Å².